The van der Waals surface area contributed by atoms with Crippen molar-refractivity contribution in [2.45, 2.75) is 24.9 Å². The molecule has 0 spiro atoms. The Bertz CT molecular complexity index is 699. The molecule has 2 amide bonds. The lowest BCUT2D eigenvalue weighted by molar-refractivity contribution is -0.144. The van der Waals surface area contributed by atoms with Gasteiger partial charge in [-0.1, -0.05) is 6.07 Å². The van der Waals surface area contributed by atoms with Crippen molar-refractivity contribution in [3.63, 3.8) is 0 Å². The number of rotatable bonds is 6. The second-order valence-electron chi connectivity index (χ2n) is 6.25. The van der Waals surface area contributed by atoms with E-state index in [-0.39, 0.29) is 30.8 Å². The highest BCUT2D eigenvalue weighted by molar-refractivity contribution is 7.09. The highest BCUT2D eigenvalue weighted by Crippen LogP contribution is 2.29. The molecule has 0 aromatic carbocycles. The van der Waals surface area contributed by atoms with Crippen molar-refractivity contribution < 1.29 is 9.59 Å². The Morgan fingerprint density at radius 2 is 2.15 bits per heavy atom. The summed E-state index contributed by atoms with van der Waals surface area (Å²) in [6.45, 7) is 2.04. The van der Waals surface area contributed by atoms with Gasteiger partial charge in [-0.05, 0) is 43.4 Å². The summed E-state index contributed by atoms with van der Waals surface area (Å²) in [7, 11) is 1.68. The summed E-state index contributed by atoms with van der Waals surface area (Å²) in [5, 5.41) is 12.4. The molecule has 1 aliphatic heterocycles. The lowest BCUT2D eigenvalue weighted by atomic mass is 9.87. The maximum atomic E-state index is 13.1. The third kappa shape index (κ3) is 4.44. The summed E-state index contributed by atoms with van der Waals surface area (Å²) in [6.07, 6.45) is 4.84. The van der Waals surface area contributed by atoms with Gasteiger partial charge in [-0.3, -0.25) is 14.3 Å². The molecule has 0 bridgehead atoms. The zero-order chi connectivity index (χ0) is 17.7. The summed E-state index contributed by atoms with van der Waals surface area (Å²) in [5.41, 5.74) is -0.711. The van der Waals surface area contributed by atoms with Crippen LogP contribution in [0.4, 0.5) is 0 Å². The number of nitrogens with zero attached hydrogens (tertiary/aromatic N) is 3. The van der Waals surface area contributed by atoms with E-state index in [2.05, 4.69) is 15.7 Å². The highest BCUT2D eigenvalue weighted by atomic mass is 35.5. The zero-order valence-electron chi connectivity index (χ0n) is 14.7. The second kappa shape index (κ2) is 9.16. The van der Waals surface area contributed by atoms with Gasteiger partial charge >= 0.3 is 0 Å². The van der Waals surface area contributed by atoms with Crippen LogP contribution < -0.4 is 10.6 Å². The van der Waals surface area contributed by atoms with Gasteiger partial charge in [-0.2, -0.15) is 5.10 Å². The highest BCUT2D eigenvalue weighted by Gasteiger charge is 2.43. The van der Waals surface area contributed by atoms with Crippen molar-refractivity contribution in [2.24, 2.45) is 0 Å². The molecule has 0 unspecified atom stereocenters. The first-order valence-corrected chi connectivity index (χ1v) is 9.25. The van der Waals surface area contributed by atoms with Crippen LogP contribution in [0.5, 0.6) is 0 Å². The first-order chi connectivity index (χ1) is 12.1. The van der Waals surface area contributed by atoms with Crippen molar-refractivity contribution in [3.05, 3.63) is 40.8 Å². The fraction of sp³-hybridized carbons (Fsp3) is 0.471. The van der Waals surface area contributed by atoms with Crippen molar-refractivity contribution in [2.75, 3.05) is 26.7 Å². The Kier molecular flexibility index (Phi) is 7.19. The molecule has 1 fully saturated rings. The van der Waals surface area contributed by atoms with E-state index >= 15 is 0 Å². The summed E-state index contributed by atoms with van der Waals surface area (Å²) < 4.78 is 1.75. The van der Waals surface area contributed by atoms with Crippen molar-refractivity contribution in [1.29, 1.82) is 0 Å². The Balaban J connectivity index is 0.00000243. The largest absolute Gasteiger partial charge is 0.350 e. The number of carbonyl (C=O) groups is 2. The first kappa shape index (κ1) is 20.4. The van der Waals surface area contributed by atoms with Crippen LogP contribution in [-0.4, -0.2) is 53.2 Å². The van der Waals surface area contributed by atoms with Gasteiger partial charge in [0.25, 0.3) is 5.91 Å². The van der Waals surface area contributed by atoms with E-state index in [1.54, 1.807) is 29.3 Å². The van der Waals surface area contributed by atoms with Crippen LogP contribution in [0, 0.1) is 0 Å². The molecule has 0 atom stereocenters. The predicted octanol–water partition coefficient (Wildman–Crippen LogP) is 1.22. The topological polar surface area (TPSA) is 79.3 Å². The van der Waals surface area contributed by atoms with Gasteiger partial charge in [0, 0.05) is 24.3 Å². The predicted molar refractivity (Wildman–Crippen MR) is 103 cm³/mol. The van der Waals surface area contributed by atoms with E-state index in [1.807, 2.05) is 29.8 Å². The SMILES string of the molecule is CN(CC(=O)NCc1cccs1)C(=O)C1(n2cccn2)CCNCC1.Cl. The number of carbonyl (C=O) groups excluding carboxylic acids is 2. The molecule has 142 valence electrons. The number of aromatic nitrogens is 2. The molecular weight excluding hydrogens is 374 g/mol. The van der Waals surface area contributed by atoms with Crippen LogP contribution in [-0.2, 0) is 21.7 Å². The maximum absolute atomic E-state index is 13.1. The summed E-state index contributed by atoms with van der Waals surface area (Å²) in [6, 6.07) is 5.75. The van der Waals surface area contributed by atoms with Crippen molar-refractivity contribution in [1.82, 2.24) is 25.3 Å². The maximum Gasteiger partial charge on any atom is 0.250 e. The van der Waals surface area contributed by atoms with Crippen LogP contribution in [0.25, 0.3) is 0 Å². The molecule has 2 N–H and O–H groups in total. The Labute approximate surface area is 163 Å². The molecular formula is C17H24ClN5O2S. The van der Waals surface area contributed by atoms with Gasteiger partial charge in [-0.15, -0.1) is 23.7 Å². The number of thiophene rings is 1. The van der Waals surface area contributed by atoms with Gasteiger partial charge < -0.3 is 15.5 Å². The number of nitrogens with one attached hydrogen (secondary N) is 2. The molecule has 2 aromatic heterocycles. The lowest BCUT2D eigenvalue weighted by Crippen LogP contribution is -2.56. The van der Waals surface area contributed by atoms with E-state index < -0.39 is 5.54 Å². The van der Waals surface area contributed by atoms with Gasteiger partial charge in [0.15, 0.2) is 0 Å². The van der Waals surface area contributed by atoms with E-state index in [4.69, 9.17) is 0 Å². The minimum Gasteiger partial charge on any atom is -0.350 e. The number of hydrogen-bond donors (Lipinski definition) is 2. The minimum atomic E-state index is -0.711. The number of likely N-dealkylation sites (N-methyl/N-ethyl adjacent to an activating group) is 1. The molecule has 26 heavy (non-hydrogen) atoms. The van der Waals surface area contributed by atoms with Crippen LogP contribution in [0.1, 0.15) is 17.7 Å². The molecule has 1 saturated heterocycles. The summed E-state index contributed by atoms with van der Waals surface area (Å²) in [5.74, 6) is -0.224. The second-order valence-corrected chi connectivity index (χ2v) is 7.28. The molecule has 1 aliphatic rings. The van der Waals surface area contributed by atoms with Crippen LogP contribution in [0.2, 0.25) is 0 Å². The summed E-state index contributed by atoms with van der Waals surface area (Å²) >= 11 is 1.60. The van der Waals surface area contributed by atoms with Crippen LogP contribution >= 0.6 is 23.7 Å². The fourth-order valence-corrected chi connectivity index (χ4v) is 3.85. The average Bonchev–Trinajstić information content (AvgIpc) is 3.33. The van der Waals surface area contributed by atoms with E-state index in [1.165, 1.54) is 4.90 Å². The smallest absolute Gasteiger partial charge is 0.250 e. The molecule has 0 saturated carbocycles. The molecule has 9 heteroatoms. The van der Waals surface area contributed by atoms with E-state index in [0.29, 0.717) is 19.4 Å². The molecule has 7 nitrogen and oxygen atoms in total. The van der Waals surface area contributed by atoms with Gasteiger partial charge in [0.2, 0.25) is 5.91 Å². The number of piperidine rings is 1. The Morgan fingerprint density at radius 3 is 2.77 bits per heavy atom. The van der Waals surface area contributed by atoms with Gasteiger partial charge in [0.1, 0.15) is 5.54 Å². The first-order valence-electron chi connectivity index (χ1n) is 8.37. The lowest BCUT2D eigenvalue weighted by Gasteiger charge is -2.39. The van der Waals surface area contributed by atoms with Crippen LogP contribution in [0.3, 0.4) is 0 Å². The standard InChI is InChI=1S/C17H23N5O2S.ClH/c1-21(13-15(23)19-12-14-4-2-11-25-14)16(24)17(5-8-18-9-6-17)22-10-3-7-20-22;/h2-4,7,10-11,18H,5-6,8-9,12-13H2,1H3,(H,19,23);1H. The van der Waals surface area contributed by atoms with Crippen molar-refractivity contribution >= 4 is 35.6 Å². The summed E-state index contributed by atoms with van der Waals surface area (Å²) in [4.78, 5) is 27.9. The van der Waals surface area contributed by atoms with Gasteiger partial charge in [-0.25, -0.2) is 0 Å². The quantitative estimate of drug-likeness (QED) is 0.768. The van der Waals surface area contributed by atoms with Crippen LogP contribution in [0.15, 0.2) is 36.0 Å². The molecule has 0 radical (unpaired) electrons. The Morgan fingerprint density at radius 1 is 1.38 bits per heavy atom. The minimum absolute atomic E-state index is 0. The molecule has 2 aromatic rings. The average molecular weight is 398 g/mol. The molecule has 3 heterocycles. The van der Waals surface area contributed by atoms with E-state index in [9.17, 15) is 9.59 Å². The monoisotopic (exact) mass is 397 g/mol. The van der Waals surface area contributed by atoms with Crippen molar-refractivity contribution in [3.8, 4) is 0 Å². The number of amides is 2. The molecule has 3 rings (SSSR count). The zero-order valence-corrected chi connectivity index (χ0v) is 16.3. The van der Waals surface area contributed by atoms with E-state index in [0.717, 1.165) is 18.0 Å². The fourth-order valence-electron chi connectivity index (χ4n) is 3.20. The Hall–Kier alpha value is -1.90. The normalized spacial score (nSPS) is 15.7. The molecule has 0 aliphatic carbocycles. The van der Waals surface area contributed by atoms with Gasteiger partial charge in [0.05, 0.1) is 13.1 Å². The third-order valence-corrected chi connectivity index (χ3v) is 5.42. The number of halogens is 1. The number of hydrogen-bond acceptors (Lipinski definition) is 5. The third-order valence-electron chi connectivity index (χ3n) is 4.54.